The zero-order valence-electron chi connectivity index (χ0n) is 14.5. The van der Waals surface area contributed by atoms with E-state index in [1.54, 1.807) is 0 Å². The topological polar surface area (TPSA) is 64.2 Å². The van der Waals surface area contributed by atoms with Crippen molar-refractivity contribution in [2.45, 2.75) is 58.6 Å². The van der Waals surface area contributed by atoms with Crippen molar-refractivity contribution in [3.63, 3.8) is 0 Å². The third-order valence-corrected chi connectivity index (χ3v) is 4.51. The average Bonchev–Trinajstić information content (AvgIpc) is 2.90. The number of nitrogens with zero attached hydrogens (tertiary/aromatic N) is 2. The van der Waals surface area contributed by atoms with Crippen molar-refractivity contribution in [1.82, 2.24) is 20.4 Å². The summed E-state index contributed by atoms with van der Waals surface area (Å²) in [6, 6.07) is 0. The molecule has 0 radical (unpaired) electrons. The van der Waals surface area contributed by atoms with Crippen molar-refractivity contribution >= 4 is 0 Å². The molecule has 0 saturated carbocycles. The molecule has 2 rings (SSSR count). The zero-order chi connectivity index (χ0) is 16.2. The van der Waals surface area contributed by atoms with E-state index in [-0.39, 0.29) is 11.5 Å². The number of likely N-dealkylation sites (tertiary alicyclic amines) is 1. The van der Waals surface area contributed by atoms with Crippen molar-refractivity contribution < 1.29 is 5.11 Å². The Morgan fingerprint density at radius 2 is 2.09 bits per heavy atom. The highest BCUT2D eigenvalue weighted by Gasteiger charge is 2.20. The Morgan fingerprint density at radius 1 is 1.41 bits per heavy atom. The molecule has 0 bridgehead atoms. The molecule has 0 spiro atoms. The van der Waals surface area contributed by atoms with E-state index < -0.39 is 0 Å². The summed E-state index contributed by atoms with van der Waals surface area (Å²) in [6.07, 6.45) is 4.08. The van der Waals surface area contributed by atoms with Crippen LogP contribution in [0.5, 0.6) is 0 Å². The summed E-state index contributed by atoms with van der Waals surface area (Å²) in [6.45, 7) is 13.2. The smallest absolute Gasteiger partial charge is 0.0791 e. The third-order valence-electron chi connectivity index (χ3n) is 4.51. The number of aromatic amines is 1. The Bertz CT molecular complexity index is 444. The number of H-pyrrole nitrogens is 1. The number of piperidine rings is 1. The second kappa shape index (κ2) is 7.57. The standard InChI is InChI=1S/C17H32N4O/c1-13-5-7-21(8-6-13)12-15(22)11-18-9-14-10-19-20-16(14)17(2,3)4/h10,13,15,18,22H,5-9,11-12H2,1-4H3,(H,19,20). The molecule has 1 unspecified atom stereocenters. The lowest BCUT2D eigenvalue weighted by molar-refractivity contribution is 0.0906. The maximum Gasteiger partial charge on any atom is 0.0791 e. The first-order valence-electron chi connectivity index (χ1n) is 8.50. The molecule has 1 saturated heterocycles. The first-order valence-corrected chi connectivity index (χ1v) is 8.50. The maximum absolute atomic E-state index is 10.2. The predicted molar refractivity (Wildman–Crippen MR) is 89.8 cm³/mol. The molecule has 0 aromatic carbocycles. The highest BCUT2D eigenvalue weighted by Crippen LogP contribution is 2.23. The lowest BCUT2D eigenvalue weighted by Crippen LogP contribution is -2.41. The van der Waals surface area contributed by atoms with Gasteiger partial charge in [0, 0.05) is 36.3 Å². The van der Waals surface area contributed by atoms with Crippen LogP contribution in [0, 0.1) is 5.92 Å². The van der Waals surface area contributed by atoms with Gasteiger partial charge in [0.1, 0.15) is 0 Å². The van der Waals surface area contributed by atoms with Gasteiger partial charge in [-0.2, -0.15) is 5.10 Å². The Labute approximate surface area is 134 Å². The fraction of sp³-hybridized carbons (Fsp3) is 0.824. The first kappa shape index (κ1) is 17.4. The summed E-state index contributed by atoms with van der Waals surface area (Å²) >= 11 is 0. The summed E-state index contributed by atoms with van der Waals surface area (Å²) in [5, 5.41) is 20.8. The summed E-state index contributed by atoms with van der Waals surface area (Å²) in [7, 11) is 0. The van der Waals surface area contributed by atoms with Gasteiger partial charge >= 0.3 is 0 Å². The van der Waals surface area contributed by atoms with Crippen molar-refractivity contribution in [3.05, 3.63) is 17.5 Å². The van der Waals surface area contributed by atoms with Gasteiger partial charge in [0.15, 0.2) is 0 Å². The van der Waals surface area contributed by atoms with Crippen molar-refractivity contribution in [1.29, 1.82) is 0 Å². The number of hydrogen-bond donors (Lipinski definition) is 3. The van der Waals surface area contributed by atoms with Crippen LogP contribution < -0.4 is 5.32 Å². The van der Waals surface area contributed by atoms with Crippen LogP contribution in [0.4, 0.5) is 0 Å². The van der Waals surface area contributed by atoms with Crippen LogP contribution in [0.3, 0.4) is 0 Å². The third kappa shape index (κ3) is 5.07. The van der Waals surface area contributed by atoms with Crippen LogP contribution in [-0.4, -0.2) is 52.5 Å². The van der Waals surface area contributed by atoms with Crippen LogP contribution in [0.2, 0.25) is 0 Å². The van der Waals surface area contributed by atoms with Crippen LogP contribution in [0.15, 0.2) is 6.20 Å². The minimum absolute atomic E-state index is 0.0661. The molecule has 0 amide bonds. The lowest BCUT2D eigenvalue weighted by atomic mass is 9.89. The number of β-amino-alcohol motifs (C(OH)–C–C–N with tert-alkyl or cyclic N) is 1. The van der Waals surface area contributed by atoms with Gasteiger partial charge in [-0.05, 0) is 31.8 Å². The molecular formula is C17H32N4O. The van der Waals surface area contributed by atoms with Gasteiger partial charge in [0.05, 0.1) is 12.3 Å². The number of hydrogen-bond acceptors (Lipinski definition) is 4. The van der Waals surface area contributed by atoms with Crippen molar-refractivity contribution in [2.75, 3.05) is 26.2 Å². The second-order valence-corrected chi connectivity index (χ2v) is 7.79. The number of aromatic nitrogens is 2. The fourth-order valence-electron chi connectivity index (χ4n) is 3.08. The van der Waals surface area contributed by atoms with Crippen molar-refractivity contribution in [2.24, 2.45) is 5.92 Å². The molecule has 22 heavy (non-hydrogen) atoms. The van der Waals surface area contributed by atoms with Crippen molar-refractivity contribution in [3.8, 4) is 0 Å². The Hall–Kier alpha value is -0.910. The molecule has 5 heteroatoms. The van der Waals surface area contributed by atoms with Gasteiger partial charge in [-0.3, -0.25) is 5.10 Å². The number of aliphatic hydroxyl groups excluding tert-OH is 1. The maximum atomic E-state index is 10.2. The molecule has 1 fully saturated rings. The summed E-state index contributed by atoms with van der Waals surface area (Å²) in [5.74, 6) is 0.837. The fourth-order valence-corrected chi connectivity index (χ4v) is 3.08. The molecule has 3 N–H and O–H groups in total. The molecule has 1 aliphatic heterocycles. The Morgan fingerprint density at radius 3 is 2.73 bits per heavy atom. The van der Waals surface area contributed by atoms with E-state index in [0.29, 0.717) is 6.54 Å². The molecule has 2 heterocycles. The summed E-state index contributed by atoms with van der Waals surface area (Å²) in [4.78, 5) is 2.38. The Balaban J connectivity index is 1.71. The van der Waals surface area contributed by atoms with Gasteiger partial charge in [-0.1, -0.05) is 27.7 Å². The average molecular weight is 308 g/mol. The SMILES string of the molecule is CC1CCN(CC(O)CNCc2cn[nH]c2C(C)(C)C)CC1. The minimum Gasteiger partial charge on any atom is -0.390 e. The van der Waals surface area contributed by atoms with E-state index in [2.05, 4.69) is 48.1 Å². The molecule has 126 valence electrons. The van der Waals surface area contributed by atoms with Crippen LogP contribution >= 0.6 is 0 Å². The lowest BCUT2D eigenvalue weighted by Gasteiger charge is -2.31. The number of aliphatic hydroxyl groups is 1. The van der Waals surface area contributed by atoms with Gasteiger partial charge in [0.2, 0.25) is 0 Å². The molecule has 1 aliphatic rings. The van der Waals surface area contributed by atoms with E-state index in [9.17, 15) is 5.11 Å². The molecule has 5 nitrogen and oxygen atoms in total. The highest BCUT2D eigenvalue weighted by molar-refractivity contribution is 5.23. The van der Waals surface area contributed by atoms with E-state index in [1.165, 1.54) is 24.1 Å². The largest absolute Gasteiger partial charge is 0.390 e. The summed E-state index contributed by atoms with van der Waals surface area (Å²) < 4.78 is 0. The molecule has 1 aromatic heterocycles. The van der Waals surface area contributed by atoms with Crippen LogP contribution in [0.1, 0.15) is 51.8 Å². The zero-order valence-corrected chi connectivity index (χ0v) is 14.5. The van der Waals surface area contributed by atoms with E-state index in [1.807, 2.05) is 6.20 Å². The molecule has 1 atom stereocenters. The molecule has 0 aliphatic carbocycles. The normalized spacial score (nSPS) is 19.5. The first-order chi connectivity index (χ1) is 10.4. The van der Waals surface area contributed by atoms with Crippen LogP contribution in [0.25, 0.3) is 0 Å². The monoisotopic (exact) mass is 308 g/mol. The number of rotatable bonds is 6. The van der Waals surface area contributed by atoms with Gasteiger partial charge in [0.25, 0.3) is 0 Å². The van der Waals surface area contributed by atoms with E-state index >= 15 is 0 Å². The molecule has 1 aromatic rings. The van der Waals surface area contributed by atoms with Gasteiger partial charge in [-0.25, -0.2) is 0 Å². The quantitative estimate of drug-likeness (QED) is 0.751. The van der Waals surface area contributed by atoms with Gasteiger partial charge < -0.3 is 15.3 Å². The number of nitrogens with one attached hydrogen (secondary N) is 2. The summed E-state index contributed by atoms with van der Waals surface area (Å²) in [5.41, 5.74) is 2.42. The molecular weight excluding hydrogens is 276 g/mol. The minimum atomic E-state index is -0.307. The Kier molecular flexibility index (Phi) is 6.01. The second-order valence-electron chi connectivity index (χ2n) is 7.79. The predicted octanol–water partition coefficient (Wildman–Crippen LogP) is 1.89. The van der Waals surface area contributed by atoms with E-state index in [0.717, 1.165) is 32.1 Å². The highest BCUT2D eigenvalue weighted by atomic mass is 16.3. The van der Waals surface area contributed by atoms with Gasteiger partial charge in [-0.15, -0.1) is 0 Å². The van der Waals surface area contributed by atoms with Crippen LogP contribution in [-0.2, 0) is 12.0 Å². The van der Waals surface area contributed by atoms with E-state index in [4.69, 9.17) is 0 Å².